The number of H-pyrrole nitrogens is 1. The summed E-state index contributed by atoms with van der Waals surface area (Å²) < 4.78 is 5.95. The van der Waals surface area contributed by atoms with Crippen LogP contribution in [0.5, 0.6) is 0 Å². The average Bonchev–Trinajstić information content (AvgIpc) is 3.32. The van der Waals surface area contributed by atoms with Crippen LogP contribution in [0, 0.1) is 0 Å². The summed E-state index contributed by atoms with van der Waals surface area (Å²) in [6.45, 7) is 0.283. The lowest BCUT2D eigenvalue weighted by atomic mass is 10.0. The zero-order valence-electron chi connectivity index (χ0n) is 20.2. The van der Waals surface area contributed by atoms with E-state index >= 15 is 0 Å². The Labute approximate surface area is 250 Å². The summed E-state index contributed by atoms with van der Waals surface area (Å²) >= 11 is 21.8. The van der Waals surface area contributed by atoms with E-state index in [1.165, 1.54) is 23.9 Å². The van der Waals surface area contributed by atoms with Crippen LogP contribution in [0.1, 0.15) is 33.2 Å². The van der Waals surface area contributed by atoms with E-state index in [-0.39, 0.29) is 27.5 Å². The third-order valence-corrected chi connectivity index (χ3v) is 9.13. The fourth-order valence-corrected chi connectivity index (χ4v) is 7.18. The molecule has 1 N–H and O–H groups in total. The van der Waals surface area contributed by atoms with E-state index in [9.17, 15) is 19.2 Å². The minimum Gasteiger partial charge on any atom is -0.465 e. The Balaban J connectivity index is 1.56. The van der Waals surface area contributed by atoms with Gasteiger partial charge in [0.1, 0.15) is 16.5 Å². The monoisotopic (exact) mass is 634 g/mol. The van der Waals surface area contributed by atoms with Gasteiger partial charge in [-0.15, -0.1) is 0 Å². The molecular weight excluding hydrogens is 619 g/mol. The van der Waals surface area contributed by atoms with Gasteiger partial charge in [0.2, 0.25) is 5.12 Å². The topological polar surface area (TPSA) is 124 Å². The molecule has 1 aliphatic heterocycles. The number of aromatic nitrogens is 4. The number of halogens is 3. The van der Waals surface area contributed by atoms with Gasteiger partial charge in [-0.2, -0.15) is 9.78 Å². The molecule has 2 unspecified atom stereocenters. The van der Waals surface area contributed by atoms with E-state index in [0.717, 1.165) is 28.2 Å². The maximum Gasteiger partial charge on any atom is 0.349 e. The van der Waals surface area contributed by atoms with E-state index in [4.69, 9.17) is 39.5 Å². The second-order valence-electron chi connectivity index (χ2n) is 8.43. The van der Waals surface area contributed by atoms with Crippen LogP contribution in [0.4, 0.5) is 0 Å². The van der Waals surface area contributed by atoms with Crippen molar-refractivity contribution >= 4 is 69.4 Å². The van der Waals surface area contributed by atoms with Crippen molar-refractivity contribution in [3.8, 4) is 5.69 Å². The first-order valence-corrected chi connectivity index (χ1v) is 14.5. The molecule has 1 saturated heterocycles. The summed E-state index contributed by atoms with van der Waals surface area (Å²) in [6, 6.07) is 13.4. The molecule has 9 nitrogen and oxygen atoms in total. The Morgan fingerprint density at radius 2 is 1.80 bits per heavy atom. The largest absolute Gasteiger partial charge is 0.465 e. The number of nitrogens with zero attached hydrogens (tertiary/aromatic N) is 3. The number of hydrogen-bond donors (Lipinski definition) is 1. The number of carbonyl (C=O) groups excluding carboxylic acids is 2. The van der Waals surface area contributed by atoms with E-state index in [1.807, 2.05) is 12.1 Å². The number of benzene rings is 2. The molecule has 14 heteroatoms. The number of nitrogens with one attached hydrogen (secondary N) is 1. The molecule has 1 fully saturated rings. The molecule has 0 saturated carbocycles. The quantitative estimate of drug-likeness (QED) is 0.211. The van der Waals surface area contributed by atoms with Gasteiger partial charge in [0, 0.05) is 33.2 Å². The van der Waals surface area contributed by atoms with Crippen molar-refractivity contribution in [2.24, 2.45) is 0 Å². The summed E-state index contributed by atoms with van der Waals surface area (Å²) in [5.74, 6) is -0.412. The lowest BCUT2D eigenvalue weighted by molar-refractivity contribution is -0.137. The second-order valence-corrected chi connectivity index (χ2v) is 11.9. The Morgan fingerprint density at radius 3 is 2.45 bits per heavy atom. The number of aromatic amines is 1. The van der Waals surface area contributed by atoms with Gasteiger partial charge < -0.3 is 4.74 Å². The Morgan fingerprint density at radius 1 is 1.07 bits per heavy atom. The predicted octanol–water partition coefficient (Wildman–Crippen LogP) is 5.35. The number of carbonyl (C=O) groups is 2. The third kappa shape index (κ3) is 6.13. The smallest absolute Gasteiger partial charge is 0.349 e. The Kier molecular flexibility index (Phi) is 8.67. The molecule has 0 aliphatic carbocycles. The Hall–Kier alpha value is -3.09. The van der Waals surface area contributed by atoms with Crippen molar-refractivity contribution in [3.05, 3.63) is 114 Å². The molecule has 0 radical (unpaired) electrons. The zero-order chi connectivity index (χ0) is 28.4. The maximum absolute atomic E-state index is 13.2. The number of esters is 1. The van der Waals surface area contributed by atoms with Crippen LogP contribution in [-0.2, 0) is 9.53 Å². The van der Waals surface area contributed by atoms with Crippen molar-refractivity contribution in [1.82, 2.24) is 19.7 Å². The van der Waals surface area contributed by atoms with Gasteiger partial charge in [-0.05, 0) is 42.0 Å². The van der Waals surface area contributed by atoms with Crippen LogP contribution in [0.2, 0.25) is 15.1 Å². The molecule has 2 aromatic heterocycles. The molecule has 2 aromatic carbocycles. The highest BCUT2D eigenvalue weighted by atomic mass is 35.5. The maximum atomic E-state index is 13.2. The van der Waals surface area contributed by atoms with Gasteiger partial charge >= 0.3 is 11.7 Å². The third-order valence-electron chi connectivity index (χ3n) is 5.81. The van der Waals surface area contributed by atoms with Gasteiger partial charge in [0.05, 0.1) is 23.1 Å². The molecule has 1 aliphatic rings. The first-order valence-electron chi connectivity index (χ1n) is 11.6. The second kappa shape index (κ2) is 12.2. The number of thioether (sulfide) groups is 2. The van der Waals surface area contributed by atoms with Crippen LogP contribution in [-0.4, -0.2) is 42.7 Å². The van der Waals surface area contributed by atoms with E-state index < -0.39 is 27.7 Å². The molecule has 4 aromatic rings. The van der Waals surface area contributed by atoms with E-state index in [1.54, 1.807) is 30.5 Å². The van der Waals surface area contributed by atoms with Gasteiger partial charge in [0.25, 0.3) is 5.56 Å². The predicted molar refractivity (Wildman–Crippen MR) is 155 cm³/mol. The van der Waals surface area contributed by atoms with Crippen molar-refractivity contribution in [2.75, 3.05) is 6.61 Å². The van der Waals surface area contributed by atoms with Gasteiger partial charge in [0.15, 0.2) is 0 Å². The summed E-state index contributed by atoms with van der Waals surface area (Å²) in [5, 5.41) is 3.76. The molecule has 5 rings (SSSR count). The SMILES string of the molecule is O=C(SC1CCOC1=O)c1cccnc1SC(c1ccc(Cl)cc1)c1c(Cl)cc(-n2ncc(=O)[nH]c2=O)cc1Cl. The van der Waals surface area contributed by atoms with Crippen LogP contribution in [0.15, 0.2) is 75.5 Å². The van der Waals surface area contributed by atoms with Crippen molar-refractivity contribution in [1.29, 1.82) is 0 Å². The van der Waals surface area contributed by atoms with Crippen LogP contribution < -0.4 is 11.2 Å². The number of pyridine rings is 1. The molecule has 40 heavy (non-hydrogen) atoms. The molecule has 3 heterocycles. The summed E-state index contributed by atoms with van der Waals surface area (Å²) in [7, 11) is 0. The highest BCUT2D eigenvalue weighted by molar-refractivity contribution is 8.15. The molecule has 0 bridgehead atoms. The zero-order valence-corrected chi connectivity index (χ0v) is 24.1. The minimum absolute atomic E-state index is 0.210. The van der Waals surface area contributed by atoms with Gasteiger partial charge in [-0.3, -0.25) is 19.4 Å². The van der Waals surface area contributed by atoms with Crippen LogP contribution in [0.25, 0.3) is 5.69 Å². The number of ether oxygens (including phenoxy) is 1. The summed E-state index contributed by atoms with van der Waals surface area (Å²) in [5.41, 5.74) is 0.431. The van der Waals surface area contributed by atoms with E-state index in [0.29, 0.717) is 27.6 Å². The lowest BCUT2D eigenvalue weighted by Gasteiger charge is -2.22. The average molecular weight is 636 g/mol. The molecule has 204 valence electrons. The molecule has 0 spiro atoms. The number of rotatable bonds is 7. The standard InChI is InChI=1S/C26H17Cl3N4O5S2/c27-14-5-3-13(4-6-14)22(21-17(28)10-15(11-18(21)29)33-26(37)32-20(34)12-31-33)40-23-16(2-1-8-30-23)25(36)39-19-7-9-38-24(19)35/h1-6,8,10-12,19,22H,7,9H2,(H,32,34,37). The van der Waals surface area contributed by atoms with Crippen LogP contribution >= 0.6 is 58.3 Å². The van der Waals surface area contributed by atoms with E-state index in [2.05, 4.69) is 15.1 Å². The number of hydrogen-bond acceptors (Lipinski definition) is 9. The van der Waals surface area contributed by atoms with Gasteiger partial charge in [-0.1, -0.05) is 70.5 Å². The normalized spacial score (nSPS) is 15.6. The highest BCUT2D eigenvalue weighted by Gasteiger charge is 2.32. The molecule has 0 amide bonds. The first-order chi connectivity index (χ1) is 19.2. The van der Waals surface area contributed by atoms with Crippen molar-refractivity contribution in [3.63, 3.8) is 0 Å². The summed E-state index contributed by atoms with van der Waals surface area (Å²) in [6.07, 6.45) is 2.98. The molecular formula is C26H17Cl3N4O5S2. The number of cyclic esters (lactones) is 1. The fourth-order valence-electron chi connectivity index (χ4n) is 3.94. The fraction of sp³-hybridized carbons (Fsp3) is 0.154. The van der Waals surface area contributed by atoms with Crippen molar-refractivity contribution < 1.29 is 14.3 Å². The Bertz CT molecular complexity index is 1710. The lowest BCUT2D eigenvalue weighted by Crippen LogP contribution is -2.30. The minimum atomic E-state index is -0.753. The summed E-state index contributed by atoms with van der Waals surface area (Å²) in [4.78, 5) is 55.5. The molecule has 2 atom stereocenters. The first kappa shape index (κ1) is 28.4. The highest BCUT2D eigenvalue weighted by Crippen LogP contribution is 2.47. The van der Waals surface area contributed by atoms with Crippen molar-refractivity contribution in [2.45, 2.75) is 21.9 Å². The van der Waals surface area contributed by atoms with Crippen LogP contribution in [0.3, 0.4) is 0 Å². The van der Waals surface area contributed by atoms with Gasteiger partial charge in [-0.25, -0.2) is 9.78 Å².